The van der Waals surface area contributed by atoms with Gasteiger partial charge < -0.3 is 10.1 Å². The van der Waals surface area contributed by atoms with E-state index in [9.17, 15) is 13.2 Å². The van der Waals surface area contributed by atoms with E-state index in [-0.39, 0.29) is 16.9 Å². The minimum atomic E-state index is -3.52. The third-order valence-electron chi connectivity index (χ3n) is 3.46. The van der Waals surface area contributed by atoms with E-state index in [1.165, 1.54) is 12.1 Å². The van der Waals surface area contributed by atoms with E-state index in [1.807, 2.05) is 20.8 Å². The molecule has 0 bridgehead atoms. The molecule has 0 saturated heterocycles. The van der Waals surface area contributed by atoms with Gasteiger partial charge in [0.15, 0.2) is 0 Å². The van der Waals surface area contributed by atoms with Crippen molar-refractivity contribution in [3.05, 3.63) is 54.1 Å². The molecule has 7 heteroatoms. The lowest BCUT2D eigenvalue weighted by atomic mass is 10.1. The highest BCUT2D eigenvalue weighted by Gasteiger charge is 2.15. The summed E-state index contributed by atoms with van der Waals surface area (Å²) in [5.41, 5.74) is 0.923. The Morgan fingerprint density at radius 3 is 2.35 bits per heavy atom. The molecule has 0 spiro atoms. The Morgan fingerprint density at radius 2 is 1.73 bits per heavy atom. The van der Waals surface area contributed by atoms with Crippen molar-refractivity contribution < 1.29 is 17.9 Å². The van der Waals surface area contributed by atoms with Gasteiger partial charge in [-0.15, -0.1) is 0 Å². The van der Waals surface area contributed by atoms with Crippen LogP contribution in [-0.4, -0.2) is 27.0 Å². The second-order valence-corrected chi connectivity index (χ2v) is 7.81. The maximum Gasteiger partial charge on any atom is 0.259 e. The summed E-state index contributed by atoms with van der Waals surface area (Å²) in [6, 6.07) is 13.0. The fraction of sp³-hybridized carbons (Fsp3) is 0.316. The molecule has 26 heavy (non-hydrogen) atoms. The Morgan fingerprint density at radius 1 is 1.08 bits per heavy atom. The Kier molecular flexibility index (Phi) is 6.76. The van der Waals surface area contributed by atoms with E-state index in [0.29, 0.717) is 30.0 Å². The predicted molar refractivity (Wildman–Crippen MR) is 102 cm³/mol. The van der Waals surface area contributed by atoms with Gasteiger partial charge in [0.05, 0.1) is 16.6 Å². The first kappa shape index (κ1) is 19.9. The molecule has 2 N–H and O–H groups in total. The van der Waals surface area contributed by atoms with Crippen LogP contribution in [-0.2, 0) is 10.0 Å². The predicted octanol–water partition coefficient (Wildman–Crippen LogP) is 3.41. The monoisotopic (exact) mass is 376 g/mol. The Hall–Kier alpha value is -2.38. The van der Waals surface area contributed by atoms with E-state index < -0.39 is 10.0 Å². The van der Waals surface area contributed by atoms with Gasteiger partial charge in [0.2, 0.25) is 10.0 Å². The van der Waals surface area contributed by atoms with Crippen LogP contribution in [0.15, 0.2) is 53.4 Å². The molecule has 1 amide bonds. The molecule has 0 atom stereocenters. The van der Waals surface area contributed by atoms with Crippen molar-refractivity contribution in [2.45, 2.75) is 38.2 Å². The van der Waals surface area contributed by atoms with E-state index >= 15 is 0 Å². The molecule has 2 aromatic rings. The zero-order valence-corrected chi connectivity index (χ0v) is 16.0. The maximum absolute atomic E-state index is 12.5. The molecular weight excluding hydrogens is 352 g/mol. The van der Waals surface area contributed by atoms with Gasteiger partial charge in [0.1, 0.15) is 5.75 Å². The molecule has 0 heterocycles. The van der Waals surface area contributed by atoms with Gasteiger partial charge in [-0.1, -0.05) is 19.1 Å². The average Bonchev–Trinajstić information content (AvgIpc) is 2.60. The number of carbonyl (C=O) groups excluding carboxylic acids is 1. The summed E-state index contributed by atoms with van der Waals surface area (Å²) in [5.74, 6) is 0.184. The molecule has 0 aliphatic rings. The second kappa shape index (κ2) is 8.82. The quantitative estimate of drug-likeness (QED) is 0.739. The molecule has 2 aromatic carbocycles. The molecule has 0 radical (unpaired) electrons. The number of hydrogen-bond acceptors (Lipinski definition) is 4. The third kappa shape index (κ3) is 5.31. The number of carbonyl (C=O) groups is 1. The lowest BCUT2D eigenvalue weighted by Gasteiger charge is -2.14. The first-order valence-corrected chi connectivity index (χ1v) is 9.98. The van der Waals surface area contributed by atoms with E-state index in [0.717, 1.165) is 0 Å². The molecule has 0 aromatic heterocycles. The fourth-order valence-electron chi connectivity index (χ4n) is 2.25. The zero-order valence-electron chi connectivity index (χ0n) is 15.2. The first-order chi connectivity index (χ1) is 12.3. The largest absolute Gasteiger partial charge is 0.490 e. The number of para-hydroxylation sites is 1. The minimum Gasteiger partial charge on any atom is -0.490 e. The fourth-order valence-corrected chi connectivity index (χ4v) is 3.38. The summed E-state index contributed by atoms with van der Waals surface area (Å²) in [7, 11) is -3.52. The Labute approximate surface area is 154 Å². The highest BCUT2D eigenvalue weighted by molar-refractivity contribution is 7.89. The van der Waals surface area contributed by atoms with Crippen LogP contribution in [0.25, 0.3) is 0 Å². The molecule has 140 valence electrons. The van der Waals surface area contributed by atoms with Gasteiger partial charge in [0.25, 0.3) is 5.91 Å². The van der Waals surface area contributed by atoms with E-state index in [1.54, 1.807) is 36.4 Å². The number of rotatable bonds is 8. The number of ether oxygens (including phenoxy) is 1. The van der Waals surface area contributed by atoms with Crippen LogP contribution in [0.2, 0.25) is 0 Å². The molecule has 0 aliphatic carbocycles. The van der Waals surface area contributed by atoms with Crippen LogP contribution < -0.4 is 14.8 Å². The number of sulfonamides is 1. The molecule has 0 saturated carbocycles. The van der Waals surface area contributed by atoms with Crippen LogP contribution >= 0.6 is 0 Å². The van der Waals surface area contributed by atoms with Crippen molar-refractivity contribution >= 4 is 21.6 Å². The number of amides is 1. The van der Waals surface area contributed by atoms with Gasteiger partial charge in [-0.25, -0.2) is 13.1 Å². The molecule has 6 nitrogen and oxygen atoms in total. The lowest BCUT2D eigenvalue weighted by Crippen LogP contribution is -2.24. The Bertz CT molecular complexity index is 846. The van der Waals surface area contributed by atoms with Crippen molar-refractivity contribution in [1.29, 1.82) is 0 Å². The number of nitrogens with one attached hydrogen (secondary N) is 2. The normalized spacial score (nSPS) is 11.4. The van der Waals surface area contributed by atoms with Crippen molar-refractivity contribution in [2.24, 2.45) is 0 Å². The first-order valence-electron chi connectivity index (χ1n) is 8.50. The van der Waals surface area contributed by atoms with Crippen molar-refractivity contribution in [3.8, 4) is 5.75 Å². The summed E-state index contributed by atoms with van der Waals surface area (Å²) in [4.78, 5) is 12.7. The van der Waals surface area contributed by atoms with E-state index in [4.69, 9.17) is 4.74 Å². The highest BCUT2D eigenvalue weighted by atomic mass is 32.2. The van der Waals surface area contributed by atoms with Crippen molar-refractivity contribution in [1.82, 2.24) is 4.72 Å². The number of anilines is 1. The maximum atomic E-state index is 12.5. The van der Waals surface area contributed by atoms with Gasteiger partial charge in [-0.2, -0.15) is 0 Å². The van der Waals surface area contributed by atoms with Crippen LogP contribution in [0, 0.1) is 0 Å². The summed E-state index contributed by atoms with van der Waals surface area (Å²) < 4.78 is 32.3. The van der Waals surface area contributed by atoms with Crippen LogP contribution in [0.3, 0.4) is 0 Å². The summed E-state index contributed by atoms with van der Waals surface area (Å²) in [5, 5.41) is 2.76. The smallest absolute Gasteiger partial charge is 0.259 e. The summed E-state index contributed by atoms with van der Waals surface area (Å²) >= 11 is 0. The van der Waals surface area contributed by atoms with Crippen LogP contribution in [0.5, 0.6) is 5.75 Å². The van der Waals surface area contributed by atoms with Gasteiger partial charge in [-0.05, 0) is 56.7 Å². The molecule has 0 fully saturated rings. The van der Waals surface area contributed by atoms with Crippen molar-refractivity contribution in [2.75, 3.05) is 11.9 Å². The number of hydrogen-bond donors (Lipinski definition) is 2. The third-order valence-corrected chi connectivity index (χ3v) is 4.94. The second-order valence-electron chi connectivity index (χ2n) is 6.04. The average molecular weight is 376 g/mol. The molecule has 2 rings (SSSR count). The molecular formula is C19H24N2O4S. The van der Waals surface area contributed by atoms with Gasteiger partial charge in [0, 0.05) is 12.2 Å². The Balaban J connectivity index is 2.13. The summed E-state index contributed by atoms with van der Waals surface area (Å²) in [6.07, 6.45) is 0.662. The van der Waals surface area contributed by atoms with Crippen molar-refractivity contribution in [3.63, 3.8) is 0 Å². The minimum absolute atomic E-state index is 0.0518. The molecule has 0 unspecified atom stereocenters. The molecule has 0 aliphatic heterocycles. The highest BCUT2D eigenvalue weighted by Crippen LogP contribution is 2.21. The van der Waals surface area contributed by atoms with Crippen LogP contribution in [0.1, 0.15) is 37.6 Å². The summed E-state index contributed by atoms with van der Waals surface area (Å²) in [6.45, 7) is 6.05. The van der Waals surface area contributed by atoms with Gasteiger partial charge in [-0.3, -0.25) is 4.79 Å². The topological polar surface area (TPSA) is 84.5 Å². The SMILES string of the molecule is CCCNS(=O)(=O)c1ccc(NC(=O)c2ccccc2OC(C)C)cc1. The van der Waals surface area contributed by atoms with Gasteiger partial charge >= 0.3 is 0 Å². The van der Waals surface area contributed by atoms with Crippen LogP contribution in [0.4, 0.5) is 5.69 Å². The van der Waals surface area contributed by atoms with E-state index in [2.05, 4.69) is 10.0 Å². The zero-order chi connectivity index (χ0) is 19.2. The standard InChI is InChI=1S/C19H24N2O4S/c1-4-13-20-26(23,24)16-11-9-15(10-12-16)21-19(22)17-7-5-6-8-18(17)25-14(2)3/h5-12,14,20H,4,13H2,1-3H3,(H,21,22). The number of benzene rings is 2. The lowest BCUT2D eigenvalue weighted by molar-refractivity contribution is 0.102.